The summed E-state index contributed by atoms with van der Waals surface area (Å²) in [5.41, 5.74) is 6.06. The molecule has 0 heterocycles. The fraction of sp³-hybridized carbons (Fsp3) is 0.231. The van der Waals surface area contributed by atoms with Crippen LogP contribution in [0, 0.1) is 5.41 Å². The molecule has 140 valence electrons. The average molecular weight is 358 g/mol. The molecule has 0 aromatic heterocycles. The molecule has 1 nitrogen and oxygen atoms in total. The first-order valence-electron chi connectivity index (χ1n) is 9.50. The Hall–Kier alpha value is -2.80. The molecule has 1 aromatic rings. The third-order valence-corrected chi connectivity index (χ3v) is 4.97. The third kappa shape index (κ3) is 5.34. The maximum Gasteiger partial charge on any atom is 0.0331 e. The topological polar surface area (TPSA) is 12.0 Å². The maximum absolute atomic E-state index is 4.22. The van der Waals surface area contributed by atoms with Crippen LogP contribution in [0.15, 0.2) is 109 Å². The second-order valence-electron chi connectivity index (χ2n) is 7.18. The van der Waals surface area contributed by atoms with E-state index < -0.39 is 0 Å². The van der Waals surface area contributed by atoms with Gasteiger partial charge < -0.3 is 5.32 Å². The summed E-state index contributed by atoms with van der Waals surface area (Å²) in [7, 11) is 0. The highest BCUT2D eigenvalue weighted by atomic mass is 14.9. The predicted molar refractivity (Wildman–Crippen MR) is 120 cm³/mol. The van der Waals surface area contributed by atoms with E-state index >= 15 is 0 Å². The fourth-order valence-electron chi connectivity index (χ4n) is 3.15. The Kier molecular flexibility index (Phi) is 7.43. The molecule has 1 N–H and O–H groups in total. The van der Waals surface area contributed by atoms with Gasteiger partial charge in [-0.1, -0.05) is 106 Å². The molecule has 1 heteroatoms. The van der Waals surface area contributed by atoms with Gasteiger partial charge in [-0.2, -0.15) is 0 Å². The standard InChI is InChI=1S/C26H31N/c1-6-8-9-10-11-15-18-27-25-20-23(22-16-13-12-14-17-22)19-24(25)26(4,5)21(3)7-2/h6-17,19,27H,2-3,18,20H2,1,4-5H3/b8-6-,10-9-,15-11+. The van der Waals surface area contributed by atoms with Gasteiger partial charge in [-0.3, -0.25) is 0 Å². The van der Waals surface area contributed by atoms with E-state index in [4.69, 9.17) is 0 Å². The van der Waals surface area contributed by atoms with E-state index in [0.29, 0.717) is 0 Å². The lowest BCUT2D eigenvalue weighted by molar-refractivity contribution is 0.558. The minimum Gasteiger partial charge on any atom is -0.384 e. The quantitative estimate of drug-likeness (QED) is 0.481. The molecule has 0 atom stereocenters. The zero-order valence-electron chi connectivity index (χ0n) is 16.8. The van der Waals surface area contributed by atoms with E-state index in [9.17, 15) is 0 Å². The summed E-state index contributed by atoms with van der Waals surface area (Å²) >= 11 is 0. The summed E-state index contributed by atoms with van der Waals surface area (Å²) in [6, 6.07) is 10.6. The van der Waals surface area contributed by atoms with Gasteiger partial charge in [0, 0.05) is 24.1 Å². The van der Waals surface area contributed by atoms with E-state index in [1.54, 1.807) is 0 Å². The van der Waals surface area contributed by atoms with Crippen molar-refractivity contribution in [1.29, 1.82) is 0 Å². The molecule has 0 amide bonds. The Morgan fingerprint density at radius 1 is 1.11 bits per heavy atom. The van der Waals surface area contributed by atoms with Crippen molar-refractivity contribution in [3.05, 3.63) is 115 Å². The number of hydrogen-bond donors (Lipinski definition) is 1. The summed E-state index contributed by atoms with van der Waals surface area (Å²) < 4.78 is 0. The Labute approximate surface area is 164 Å². The molecule has 0 saturated carbocycles. The van der Waals surface area contributed by atoms with Crippen LogP contribution in [0.4, 0.5) is 0 Å². The Balaban J connectivity index is 2.21. The summed E-state index contributed by atoms with van der Waals surface area (Å²) in [6.07, 6.45) is 17.4. The van der Waals surface area contributed by atoms with Crippen molar-refractivity contribution in [2.75, 3.05) is 6.54 Å². The van der Waals surface area contributed by atoms with Crippen LogP contribution in [0.1, 0.15) is 32.8 Å². The van der Waals surface area contributed by atoms with Crippen LogP contribution in [0.2, 0.25) is 0 Å². The largest absolute Gasteiger partial charge is 0.384 e. The minimum absolute atomic E-state index is 0.157. The monoisotopic (exact) mass is 357 g/mol. The van der Waals surface area contributed by atoms with Gasteiger partial charge in [0.05, 0.1) is 0 Å². The van der Waals surface area contributed by atoms with Crippen molar-refractivity contribution in [3.63, 3.8) is 0 Å². The van der Waals surface area contributed by atoms with E-state index in [1.807, 2.05) is 37.3 Å². The van der Waals surface area contributed by atoms with Gasteiger partial charge in [-0.25, -0.2) is 0 Å². The summed E-state index contributed by atoms with van der Waals surface area (Å²) in [5, 5.41) is 3.62. The molecule has 0 bridgehead atoms. The molecule has 27 heavy (non-hydrogen) atoms. The molecule has 1 aliphatic carbocycles. The zero-order chi connectivity index (χ0) is 19.7. The molecule has 0 saturated heterocycles. The zero-order valence-corrected chi connectivity index (χ0v) is 16.8. The van der Waals surface area contributed by atoms with Gasteiger partial charge in [0.25, 0.3) is 0 Å². The first-order chi connectivity index (χ1) is 13.0. The van der Waals surface area contributed by atoms with Crippen molar-refractivity contribution < 1.29 is 0 Å². The fourth-order valence-corrected chi connectivity index (χ4v) is 3.15. The first-order valence-corrected chi connectivity index (χ1v) is 9.50. The van der Waals surface area contributed by atoms with Crippen LogP contribution in [-0.4, -0.2) is 6.54 Å². The second kappa shape index (κ2) is 9.78. The predicted octanol–water partition coefficient (Wildman–Crippen LogP) is 6.77. The van der Waals surface area contributed by atoms with Gasteiger partial charge in [0.1, 0.15) is 0 Å². The van der Waals surface area contributed by atoms with Gasteiger partial charge in [0.15, 0.2) is 0 Å². The highest BCUT2D eigenvalue weighted by molar-refractivity contribution is 5.75. The second-order valence-corrected chi connectivity index (χ2v) is 7.18. The Morgan fingerprint density at radius 3 is 2.48 bits per heavy atom. The molecule has 0 spiro atoms. The number of allylic oxidation sites excluding steroid dienone is 10. The molecule has 1 aliphatic rings. The summed E-state index contributed by atoms with van der Waals surface area (Å²) in [5.74, 6) is 0. The van der Waals surface area contributed by atoms with Gasteiger partial charge in [-0.05, 0) is 29.2 Å². The normalized spacial score (nSPS) is 15.1. The lowest BCUT2D eigenvalue weighted by Gasteiger charge is -2.28. The number of hydrogen-bond acceptors (Lipinski definition) is 1. The molecule has 2 rings (SSSR count). The van der Waals surface area contributed by atoms with Crippen molar-refractivity contribution in [2.45, 2.75) is 27.2 Å². The summed E-state index contributed by atoms with van der Waals surface area (Å²) in [4.78, 5) is 0. The minimum atomic E-state index is -0.157. The van der Waals surface area contributed by atoms with Gasteiger partial charge in [-0.15, -0.1) is 0 Å². The average Bonchev–Trinajstić information content (AvgIpc) is 3.12. The van der Waals surface area contributed by atoms with Gasteiger partial charge >= 0.3 is 0 Å². The first kappa shape index (κ1) is 20.5. The highest BCUT2D eigenvalue weighted by Crippen LogP contribution is 2.43. The molecule has 0 aliphatic heterocycles. The van der Waals surface area contributed by atoms with E-state index in [0.717, 1.165) is 18.5 Å². The highest BCUT2D eigenvalue weighted by Gasteiger charge is 2.30. The Bertz CT molecular complexity index is 811. The number of benzene rings is 1. The van der Waals surface area contributed by atoms with Crippen molar-refractivity contribution in [3.8, 4) is 0 Å². The maximum atomic E-state index is 4.22. The molecule has 0 radical (unpaired) electrons. The number of rotatable bonds is 9. The molecule has 1 aromatic carbocycles. The van der Waals surface area contributed by atoms with Crippen molar-refractivity contribution in [1.82, 2.24) is 5.32 Å². The lowest BCUT2D eigenvalue weighted by atomic mass is 9.77. The van der Waals surface area contributed by atoms with E-state index in [2.05, 4.69) is 80.9 Å². The molecule has 0 fully saturated rings. The lowest BCUT2D eigenvalue weighted by Crippen LogP contribution is -2.21. The van der Waals surface area contributed by atoms with Crippen LogP contribution >= 0.6 is 0 Å². The SMILES string of the molecule is C=CC(=C)C(C)(C)C1=C(NC/C=C/C=C\C=C/C)CC(c2ccccc2)=C1. The molecule has 0 unspecified atom stereocenters. The van der Waals surface area contributed by atoms with Crippen LogP contribution < -0.4 is 5.32 Å². The summed E-state index contributed by atoms with van der Waals surface area (Å²) in [6.45, 7) is 15.4. The van der Waals surface area contributed by atoms with E-state index in [1.165, 1.54) is 22.4 Å². The number of nitrogens with one attached hydrogen (secondary N) is 1. The van der Waals surface area contributed by atoms with Gasteiger partial charge in [0.2, 0.25) is 0 Å². The van der Waals surface area contributed by atoms with Crippen LogP contribution in [0.3, 0.4) is 0 Å². The molecular weight excluding hydrogens is 326 g/mol. The third-order valence-electron chi connectivity index (χ3n) is 4.97. The van der Waals surface area contributed by atoms with E-state index in [-0.39, 0.29) is 5.41 Å². The van der Waals surface area contributed by atoms with Crippen molar-refractivity contribution >= 4 is 5.57 Å². The molecular formula is C26H31N. The smallest absolute Gasteiger partial charge is 0.0331 e. The van der Waals surface area contributed by atoms with Crippen molar-refractivity contribution in [2.24, 2.45) is 5.41 Å². The van der Waals surface area contributed by atoms with Crippen LogP contribution in [-0.2, 0) is 0 Å². The Morgan fingerprint density at radius 2 is 1.81 bits per heavy atom. The van der Waals surface area contributed by atoms with Crippen LogP contribution in [0.25, 0.3) is 5.57 Å². The van der Waals surface area contributed by atoms with Crippen LogP contribution in [0.5, 0.6) is 0 Å².